The molecule has 1 atom stereocenters. The lowest BCUT2D eigenvalue weighted by Gasteiger charge is -2.17. The van der Waals surface area contributed by atoms with Gasteiger partial charge in [-0.1, -0.05) is 147 Å². The Morgan fingerprint density at radius 3 is 2.23 bits per heavy atom. The molecular formula is C47H37N3O2. The van der Waals surface area contributed by atoms with Crippen molar-refractivity contribution in [3.63, 3.8) is 0 Å². The number of aromatic nitrogens is 3. The quantitative estimate of drug-likeness (QED) is 0.135. The summed E-state index contributed by atoms with van der Waals surface area (Å²) in [6, 6.07) is 30.9. The second-order valence-corrected chi connectivity index (χ2v) is 12.7. The maximum atomic E-state index is 6.36. The first-order valence-electron chi connectivity index (χ1n) is 17.6. The summed E-state index contributed by atoms with van der Waals surface area (Å²) in [4.78, 5) is 15.3. The molecule has 0 fully saturated rings. The number of para-hydroxylation sites is 2. The average molecular weight is 676 g/mol. The SMILES string of the molecule is C=C/C=C\C=C/Cc1nc(C2=CCC(c3ccccc3)C=C2)nc(-c2c(C/C=C\C=c3\oc4ccccc4c3=C)ccc3oc4ccccc4c23)n1. The summed E-state index contributed by atoms with van der Waals surface area (Å²) >= 11 is 0. The monoisotopic (exact) mass is 675 g/mol. The van der Waals surface area contributed by atoms with Crippen molar-refractivity contribution in [3.8, 4) is 11.4 Å². The molecule has 3 heterocycles. The second kappa shape index (κ2) is 14.7. The molecule has 52 heavy (non-hydrogen) atoms. The van der Waals surface area contributed by atoms with Crippen molar-refractivity contribution >= 4 is 51.1 Å². The van der Waals surface area contributed by atoms with Crippen LogP contribution < -0.4 is 10.6 Å². The normalized spacial score (nSPS) is 15.3. The molecule has 5 heteroatoms. The topological polar surface area (TPSA) is 65.0 Å². The third-order valence-electron chi connectivity index (χ3n) is 9.37. The summed E-state index contributed by atoms with van der Waals surface area (Å²) in [5, 5.41) is 3.92. The number of rotatable bonds is 10. The van der Waals surface area contributed by atoms with Crippen LogP contribution in [-0.4, -0.2) is 15.0 Å². The Kier molecular flexibility index (Phi) is 9.23. The van der Waals surface area contributed by atoms with Gasteiger partial charge in [-0.3, -0.25) is 0 Å². The molecule has 0 amide bonds. The first-order chi connectivity index (χ1) is 25.7. The highest BCUT2D eigenvalue weighted by Crippen LogP contribution is 2.39. The van der Waals surface area contributed by atoms with E-state index >= 15 is 0 Å². The molecule has 1 aliphatic rings. The van der Waals surface area contributed by atoms with Crippen molar-refractivity contribution in [3.05, 3.63) is 192 Å². The lowest BCUT2D eigenvalue weighted by Crippen LogP contribution is -2.17. The van der Waals surface area contributed by atoms with Gasteiger partial charge in [0.05, 0.1) is 0 Å². The van der Waals surface area contributed by atoms with Crippen molar-refractivity contribution in [1.29, 1.82) is 0 Å². The first kappa shape index (κ1) is 32.6. The zero-order valence-electron chi connectivity index (χ0n) is 28.8. The van der Waals surface area contributed by atoms with Crippen LogP contribution in [0.3, 0.4) is 0 Å². The fraction of sp³-hybridized carbons (Fsp3) is 0.0851. The third-order valence-corrected chi connectivity index (χ3v) is 9.37. The predicted octanol–water partition coefficient (Wildman–Crippen LogP) is 10.1. The Balaban J connectivity index is 1.23. The van der Waals surface area contributed by atoms with Gasteiger partial charge in [-0.05, 0) is 48.2 Å². The van der Waals surface area contributed by atoms with Crippen molar-refractivity contribution in [2.45, 2.75) is 25.2 Å². The summed E-state index contributed by atoms with van der Waals surface area (Å²) in [5.41, 5.74) is 7.50. The van der Waals surface area contributed by atoms with Crippen LogP contribution in [0.2, 0.25) is 0 Å². The van der Waals surface area contributed by atoms with Crippen molar-refractivity contribution in [2.75, 3.05) is 0 Å². The van der Waals surface area contributed by atoms with Gasteiger partial charge in [0.2, 0.25) is 0 Å². The van der Waals surface area contributed by atoms with Gasteiger partial charge in [0.1, 0.15) is 28.0 Å². The molecule has 0 spiro atoms. The van der Waals surface area contributed by atoms with Gasteiger partial charge in [-0.2, -0.15) is 0 Å². The van der Waals surface area contributed by atoms with Crippen LogP contribution in [0.5, 0.6) is 0 Å². The molecule has 1 unspecified atom stereocenters. The van der Waals surface area contributed by atoms with Gasteiger partial charge in [-0.15, -0.1) is 0 Å². The van der Waals surface area contributed by atoms with E-state index in [-0.39, 0.29) is 0 Å². The summed E-state index contributed by atoms with van der Waals surface area (Å²) in [6.07, 6.45) is 24.5. The van der Waals surface area contributed by atoms with Gasteiger partial charge in [-0.25, -0.2) is 15.0 Å². The molecule has 3 aromatic heterocycles. The molecule has 8 rings (SSSR count). The van der Waals surface area contributed by atoms with Crippen molar-refractivity contribution in [2.24, 2.45) is 0 Å². The number of allylic oxidation sites excluding steroid dienone is 11. The highest BCUT2D eigenvalue weighted by molar-refractivity contribution is 6.12. The minimum atomic E-state index is 0.311. The number of nitrogens with zero attached hydrogens (tertiary/aromatic N) is 3. The molecule has 0 saturated heterocycles. The highest BCUT2D eigenvalue weighted by Gasteiger charge is 2.21. The van der Waals surface area contributed by atoms with E-state index in [0.29, 0.717) is 36.2 Å². The predicted molar refractivity (Wildman–Crippen MR) is 214 cm³/mol. The van der Waals surface area contributed by atoms with E-state index in [1.807, 2.05) is 78.9 Å². The van der Waals surface area contributed by atoms with E-state index in [4.69, 9.17) is 23.8 Å². The van der Waals surface area contributed by atoms with E-state index in [1.54, 1.807) is 6.08 Å². The number of furan rings is 2. The number of hydrogen-bond acceptors (Lipinski definition) is 5. The maximum absolute atomic E-state index is 6.36. The van der Waals surface area contributed by atoms with Crippen LogP contribution in [-0.2, 0) is 12.8 Å². The molecule has 0 saturated carbocycles. The van der Waals surface area contributed by atoms with Gasteiger partial charge in [0.15, 0.2) is 11.6 Å². The zero-order chi connectivity index (χ0) is 35.3. The van der Waals surface area contributed by atoms with Crippen LogP contribution in [0.1, 0.15) is 35.1 Å². The molecule has 4 aromatic carbocycles. The summed E-state index contributed by atoms with van der Waals surface area (Å²) in [5.74, 6) is 2.28. The Hall–Kier alpha value is -6.59. The Bertz CT molecular complexity index is 2700. The van der Waals surface area contributed by atoms with Gasteiger partial charge >= 0.3 is 0 Å². The molecule has 1 aliphatic carbocycles. The summed E-state index contributed by atoms with van der Waals surface area (Å²) in [6.45, 7) is 8.02. The van der Waals surface area contributed by atoms with Crippen LogP contribution in [0.4, 0.5) is 0 Å². The Morgan fingerprint density at radius 2 is 1.44 bits per heavy atom. The molecule has 252 valence electrons. The van der Waals surface area contributed by atoms with Crippen molar-refractivity contribution < 1.29 is 8.83 Å². The minimum Gasteiger partial charge on any atom is -0.456 e. The van der Waals surface area contributed by atoms with Crippen LogP contribution in [0, 0.1) is 0 Å². The number of hydrogen-bond donors (Lipinski definition) is 0. The number of fused-ring (bicyclic) bond motifs is 4. The minimum absolute atomic E-state index is 0.311. The average Bonchev–Trinajstić information content (AvgIpc) is 3.73. The molecule has 0 bridgehead atoms. The van der Waals surface area contributed by atoms with Gasteiger partial charge in [0.25, 0.3) is 0 Å². The van der Waals surface area contributed by atoms with Gasteiger partial charge in [0, 0.05) is 44.9 Å². The fourth-order valence-corrected chi connectivity index (χ4v) is 6.77. The Morgan fingerprint density at radius 1 is 0.692 bits per heavy atom. The first-order valence-corrected chi connectivity index (χ1v) is 17.6. The van der Waals surface area contributed by atoms with E-state index in [2.05, 4.69) is 86.0 Å². The fourth-order valence-electron chi connectivity index (χ4n) is 6.77. The lowest BCUT2D eigenvalue weighted by atomic mass is 9.90. The molecule has 0 aliphatic heterocycles. The molecule has 0 radical (unpaired) electrons. The molecular weight excluding hydrogens is 639 g/mol. The molecule has 5 nitrogen and oxygen atoms in total. The molecule has 0 N–H and O–H groups in total. The van der Waals surface area contributed by atoms with Gasteiger partial charge < -0.3 is 8.83 Å². The summed E-state index contributed by atoms with van der Waals surface area (Å²) < 4.78 is 12.4. The highest BCUT2D eigenvalue weighted by atomic mass is 16.3. The van der Waals surface area contributed by atoms with Crippen molar-refractivity contribution in [1.82, 2.24) is 15.0 Å². The molecule has 7 aromatic rings. The zero-order valence-corrected chi connectivity index (χ0v) is 28.8. The third kappa shape index (κ3) is 6.64. The van der Waals surface area contributed by atoms with E-state index in [9.17, 15) is 0 Å². The number of benzene rings is 4. The van der Waals surface area contributed by atoms with Crippen LogP contribution in [0.25, 0.3) is 62.5 Å². The van der Waals surface area contributed by atoms with Crippen LogP contribution in [0.15, 0.2) is 167 Å². The van der Waals surface area contributed by atoms with E-state index < -0.39 is 0 Å². The smallest absolute Gasteiger partial charge is 0.164 e. The Labute approximate surface area is 302 Å². The van der Waals surface area contributed by atoms with E-state index in [1.165, 1.54) is 5.56 Å². The standard InChI is InChI=1S/C47H37N3O2/c1-3-4-5-6-10-25-43-48-46(36-28-26-34(27-29-36)33-17-8-7-9-18-33)50-47(49-43)44-35(30-31-42-45(44)38-21-13-16-24-41(38)52-42)19-11-14-22-39-32(2)37-20-12-15-23-40(37)51-39/h3-18,20-24,26,28-31,34H,1-2,19,25,27H2/b5-4-,10-6-,14-11-,39-22+. The lowest BCUT2D eigenvalue weighted by molar-refractivity contribution is 0.576. The summed E-state index contributed by atoms with van der Waals surface area (Å²) in [7, 11) is 0. The second-order valence-electron chi connectivity index (χ2n) is 12.7. The maximum Gasteiger partial charge on any atom is 0.164 e. The van der Waals surface area contributed by atoms with Crippen LogP contribution >= 0.6 is 0 Å². The largest absolute Gasteiger partial charge is 0.456 e. The van der Waals surface area contributed by atoms with E-state index in [0.717, 1.165) is 66.7 Å².